The maximum atomic E-state index is 7.59. The third kappa shape index (κ3) is 1.71. The van der Waals surface area contributed by atoms with Gasteiger partial charge in [-0.2, -0.15) is 0 Å². The quantitative estimate of drug-likeness (QED) is 0.681. The number of nitrogens with zero attached hydrogens (tertiary/aromatic N) is 1. The van der Waals surface area contributed by atoms with Crippen LogP contribution in [0.4, 0.5) is 0 Å². The van der Waals surface area contributed by atoms with Gasteiger partial charge in [0, 0.05) is 0 Å². The van der Waals surface area contributed by atoms with Gasteiger partial charge in [0.15, 0.2) is 0 Å². The van der Waals surface area contributed by atoms with E-state index >= 15 is 0 Å². The van der Waals surface area contributed by atoms with Gasteiger partial charge in [-0.1, -0.05) is 0 Å². The number of nitrogens with one attached hydrogen (secondary N) is 1. The van der Waals surface area contributed by atoms with Crippen LogP contribution in [-0.4, -0.2) is 10.7 Å². The lowest BCUT2D eigenvalue weighted by Crippen LogP contribution is -1.94. The van der Waals surface area contributed by atoms with E-state index in [1.165, 1.54) is 17.5 Å². The van der Waals surface area contributed by atoms with Crippen LogP contribution in [0, 0.1) is 19.3 Å². The van der Waals surface area contributed by atoms with Gasteiger partial charge in [-0.3, -0.25) is 5.41 Å². The third-order valence-corrected chi connectivity index (χ3v) is 2.52. The van der Waals surface area contributed by atoms with E-state index < -0.39 is 0 Å². The van der Waals surface area contributed by atoms with Gasteiger partial charge in [-0.15, -0.1) is 11.3 Å². The molecule has 0 unspecified atom stereocenters. The zero-order valence-corrected chi connectivity index (χ0v) is 7.90. The summed E-state index contributed by atoms with van der Waals surface area (Å²) in [5.41, 5.74) is 6.52. The van der Waals surface area contributed by atoms with Crippen molar-refractivity contribution in [3.63, 3.8) is 0 Å². The van der Waals surface area contributed by atoms with Crippen LogP contribution in [0.2, 0.25) is 0 Å². The minimum atomic E-state index is 0.431. The summed E-state index contributed by atoms with van der Waals surface area (Å²) in [7, 11) is 0. The second-order valence-corrected chi connectivity index (χ2v) is 3.62. The summed E-state index contributed by atoms with van der Waals surface area (Å²) in [6, 6.07) is 0. The summed E-state index contributed by atoms with van der Waals surface area (Å²) in [5.74, 6) is 0. The standard InChI is InChI=1S/C8H11N3S/c1-5-8(7(10)3-4-9)12-6(2)11-5/h3-4,10H,9H2,1-2H3/b4-3-,10-7?. The van der Waals surface area contributed by atoms with Gasteiger partial charge in [0.05, 0.1) is 21.3 Å². The lowest BCUT2D eigenvalue weighted by atomic mass is 10.2. The number of rotatable bonds is 2. The van der Waals surface area contributed by atoms with E-state index in [0.717, 1.165) is 15.6 Å². The predicted octanol–water partition coefficient (Wildman–Crippen LogP) is 1.60. The van der Waals surface area contributed by atoms with Crippen molar-refractivity contribution in [3.8, 4) is 0 Å². The smallest absolute Gasteiger partial charge is 0.0904 e. The highest BCUT2D eigenvalue weighted by molar-refractivity contribution is 7.14. The van der Waals surface area contributed by atoms with Crippen molar-refractivity contribution < 1.29 is 0 Å². The second kappa shape index (κ2) is 3.49. The van der Waals surface area contributed by atoms with E-state index in [1.54, 1.807) is 6.08 Å². The minimum Gasteiger partial charge on any atom is -0.405 e. The van der Waals surface area contributed by atoms with Gasteiger partial charge in [0.1, 0.15) is 0 Å². The van der Waals surface area contributed by atoms with Crippen molar-refractivity contribution in [1.29, 1.82) is 5.41 Å². The Labute approximate surface area is 75.5 Å². The lowest BCUT2D eigenvalue weighted by molar-refractivity contribution is 1.19. The third-order valence-electron chi connectivity index (χ3n) is 1.41. The first-order valence-corrected chi connectivity index (χ1v) is 4.38. The summed E-state index contributed by atoms with van der Waals surface area (Å²) < 4.78 is 0. The van der Waals surface area contributed by atoms with Gasteiger partial charge >= 0.3 is 0 Å². The highest BCUT2D eigenvalue weighted by atomic mass is 32.1. The highest BCUT2D eigenvalue weighted by Crippen LogP contribution is 2.17. The fourth-order valence-corrected chi connectivity index (χ4v) is 1.80. The highest BCUT2D eigenvalue weighted by Gasteiger charge is 2.06. The van der Waals surface area contributed by atoms with Crippen molar-refractivity contribution in [1.82, 2.24) is 4.98 Å². The first-order valence-electron chi connectivity index (χ1n) is 3.56. The number of allylic oxidation sites excluding steroid dienone is 1. The molecule has 0 atom stereocenters. The lowest BCUT2D eigenvalue weighted by Gasteiger charge is -1.92. The van der Waals surface area contributed by atoms with Crippen molar-refractivity contribution in [2.45, 2.75) is 13.8 Å². The molecule has 12 heavy (non-hydrogen) atoms. The molecule has 1 aromatic rings. The molecule has 0 aliphatic carbocycles. The maximum Gasteiger partial charge on any atom is 0.0904 e. The predicted molar refractivity (Wildman–Crippen MR) is 51.7 cm³/mol. The zero-order valence-electron chi connectivity index (χ0n) is 7.09. The van der Waals surface area contributed by atoms with Crippen LogP contribution in [0.25, 0.3) is 0 Å². The molecule has 0 fully saturated rings. The molecule has 0 saturated carbocycles. The Kier molecular flexibility index (Phi) is 2.60. The topological polar surface area (TPSA) is 62.8 Å². The molecular weight excluding hydrogens is 170 g/mol. The molecule has 0 amide bonds. The van der Waals surface area contributed by atoms with Gasteiger partial charge in [-0.25, -0.2) is 4.98 Å². The molecule has 1 rings (SSSR count). The van der Waals surface area contributed by atoms with E-state index in [1.807, 2.05) is 13.8 Å². The molecule has 0 bridgehead atoms. The molecule has 1 heterocycles. The van der Waals surface area contributed by atoms with Crippen molar-refractivity contribution >= 4 is 17.0 Å². The number of nitrogens with two attached hydrogens (primary N) is 1. The van der Waals surface area contributed by atoms with Crippen molar-refractivity contribution in [2.24, 2.45) is 5.73 Å². The number of aryl methyl sites for hydroxylation is 2. The van der Waals surface area contributed by atoms with Crippen molar-refractivity contribution in [2.75, 3.05) is 0 Å². The fourth-order valence-electron chi connectivity index (χ4n) is 0.953. The summed E-state index contributed by atoms with van der Waals surface area (Å²) in [6.07, 6.45) is 2.94. The van der Waals surface area contributed by atoms with Crippen LogP contribution in [-0.2, 0) is 0 Å². The Morgan fingerprint density at radius 2 is 2.25 bits per heavy atom. The zero-order chi connectivity index (χ0) is 9.14. The Balaban J connectivity index is 3.02. The SMILES string of the molecule is Cc1nc(C)c(C(=N)/C=C\N)s1. The average Bonchev–Trinajstić information content (AvgIpc) is 2.30. The first kappa shape index (κ1) is 8.93. The molecule has 1 aromatic heterocycles. The Morgan fingerprint density at radius 1 is 1.58 bits per heavy atom. The van der Waals surface area contributed by atoms with E-state index in [9.17, 15) is 0 Å². The maximum absolute atomic E-state index is 7.59. The number of hydrogen-bond acceptors (Lipinski definition) is 4. The molecule has 4 heteroatoms. The second-order valence-electron chi connectivity index (χ2n) is 2.42. The van der Waals surface area contributed by atoms with E-state index in [4.69, 9.17) is 11.1 Å². The normalized spacial score (nSPS) is 10.8. The van der Waals surface area contributed by atoms with Crippen LogP contribution in [0.15, 0.2) is 12.3 Å². The van der Waals surface area contributed by atoms with Crippen LogP contribution < -0.4 is 5.73 Å². The molecule has 0 aromatic carbocycles. The molecule has 0 radical (unpaired) electrons. The number of hydrogen-bond donors (Lipinski definition) is 2. The molecular formula is C8H11N3S. The molecule has 64 valence electrons. The van der Waals surface area contributed by atoms with Crippen LogP contribution in [0.5, 0.6) is 0 Å². The summed E-state index contributed by atoms with van der Waals surface area (Å²) >= 11 is 1.52. The fraction of sp³-hybridized carbons (Fsp3) is 0.250. The molecule has 0 aliphatic rings. The molecule has 3 N–H and O–H groups in total. The Hall–Kier alpha value is -1.16. The average molecular weight is 181 g/mol. The summed E-state index contributed by atoms with van der Waals surface area (Å²) in [5, 5.41) is 8.57. The Bertz CT molecular complexity index is 325. The van der Waals surface area contributed by atoms with Gasteiger partial charge < -0.3 is 5.73 Å². The number of thiazole rings is 1. The van der Waals surface area contributed by atoms with E-state index in [0.29, 0.717) is 5.71 Å². The van der Waals surface area contributed by atoms with Crippen LogP contribution in [0.3, 0.4) is 0 Å². The van der Waals surface area contributed by atoms with E-state index in [-0.39, 0.29) is 0 Å². The summed E-state index contributed by atoms with van der Waals surface area (Å²) in [4.78, 5) is 5.11. The van der Waals surface area contributed by atoms with Gasteiger partial charge in [0.25, 0.3) is 0 Å². The molecule has 0 spiro atoms. The molecule has 0 aliphatic heterocycles. The minimum absolute atomic E-state index is 0.431. The van der Waals surface area contributed by atoms with E-state index in [2.05, 4.69) is 4.98 Å². The summed E-state index contributed by atoms with van der Waals surface area (Å²) in [6.45, 7) is 3.83. The monoisotopic (exact) mass is 181 g/mol. The van der Waals surface area contributed by atoms with Crippen molar-refractivity contribution in [3.05, 3.63) is 27.9 Å². The van der Waals surface area contributed by atoms with Crippen LogP contribution >= 0.6 is 11.3 Å². The molecule has 0 saturated heterocycles. The molecule has 3 nitrogen and oxygen atoms in total. The Morgan fingerprint density at radius 3 is 2.67 bits per heavy atom. The first-order chi connectivity index (χ1) is 5.65. The largest absolute Gasteiger partial charge is 0.405 e. The van der Waals surface area contributed by atoms with Crippen LogP contribution in [0.1, 0.15) is 15.6 Å². The number of aromatic nitrogens is 1. The van der Waals surface area contributed by atoms with Gasteiger partial charge in [0.2, 0.25) is 0 Å². The van der Waals surface area contributed by atoms with Gasteiger partial charge in [-0.05, 0) is 26.1 Å².